The van der Waals surface area contributed by atoms with E-state index in [1.54, 1.807) is 0 Å². The van der Waals surface area contributed by atoms with Crippen molar-refractivity contribution in [3.8, 4) is 11.1 Å². The summed E-state index contributed by atoms with van der Waals surface area (Å²) in [5.41, 5.74) is 8.90. The molecule has 0 amide bonds. The molecule has 3 aromatic carbocycles. The number of carbonyl (C=O) groups is 1. The van der Waals surface area contributed by atoms with Gasteiger partial charge < -0.3 is 14.6 Å². The fourth-order valence-corrected chi connectivity index (χ4v) is 4.82. The number of fused-ring (bicyclic) bond motifs is 2. The van der Waals surface area contributed by atoms with E-state index in [1.165, 1.54) is 30.4 Å². The van der Waals surface area contributed by atoms with Gasteiger partial charge in [-0.2, -0.15) is 0 Å². The molecule has 0 unspecified atom stereocenters. The lowest BCUT2D eigenvalue weighted by atomic mass is 9.91. The second kappa shape index (κ2) is 10.1. The second-order valence-electron chi connectivity index (χ2n) is 8.97. The van der Waals surface area contributed by atoms with Crippen LogP contribution in [0.25, 0.3) is 22.0 Å². The van der Waals surface area contributed by atoms with Crippen LogP contribution < -0.4 is 5.32 Å². The van der Waals surface area contributed by atoms with Crippen LogP contribution in [0.1, 0.15) is 34.3 Å². The molecule has 0 fully saturated rings. The standard InChI is InChI=1S/C30H30N2O2/c1-22(31-27-13-12-24-7-5-6-10-26(24)18-27)21-34-16-15-32-19-29(25-8-3-2-4-9-25)28-14-11-23(20-33)17-30(28)32/h2-4,8-9,11-14,17-20,31H,1,5-7,10,15-16,21H2. The van der Waals surface area contributed by atoms with Gasteiger partial charge in [0.25, 0.3) is 0 Å². The molecule has 4 nitrogen and oxygen atoms in total. The molecular weight excluding hydrogens is 420 g/mol. The molecule has 4 aromatic rings. The smallest absolute Gasteiger partial charge is 0.150 e. The highest BCUT2D eigenvalue weighted by atomic mass is 16.5. The first-order chi connectivity index (χ1) is 16.7. The van der Waals surface area contributed by atoms with Crippen LogP contribution in [0.15, 0.2) is 85.2 Å². The number of aromatic nitrogens is 1. The summed E-state index contributed by atoms with van der Waals surface area (Å²) in [6.07, 6.45) is 7.96. The molecule has 0 aliphatic heterocycles. The van der Waals surface area contributed by atoms with Gasteiger partial charge in [0.15, 0.2) is 0 Å². The van der Waals surface area contributed by atoms with Crippen LogP contribution in [0.5, 0.6) is 0 Å². The van der Waals surface area contributed by atoms with Gasteiger partial charge in [-0.25, -0.2) is 0 Å². The predicted octanol–water partition coefficient (Wildman–Crippen LogP) is 6.64. The van der Waals surface area contributed by atoms with E-state index >= 15 is 0 Å². The largest absolute Gasteiger partial charge is 0.373 e. The Morgan fingerprint density at radius 1 is 1.00 bits per heavy atom. The highest BCUT2D eigenvalue weighted by Crippen LogP contribution is 2.31. The van der Waals surface area contributed by atoms with Crippen LogP contribution in [0.3, 0.4) is 0 Å². The SMILES string of the molecule is C=C(COCCn1cc(-c2ccccc2)c2ccc(C=O)cc21)Nc1ccc2c(c1)CCCC2. The van der Waals surface area contributed by atoms with E-state index in [9.17, 15) is 4.79 Å². The molecule has 0 atom stereocenters. The van der Waals surface area contributed by atoms with Gasteiger partial charge in [0.05, 0.1) is 13.2 Å². The number of aldehydes is 1. The Bertz CT molecular complexity index is 1320. The molecule has 1 heterocycles. The molecule has 1 aliphatic rings. The first-order valence-electron chi connectivity index (χ1n) is 12.0. The Balaban J connectivity index is 1.23. The van der Waals surface area contributed by atoms with Crippen molar-refractivity contribution in [2.24, 2.45) is 0 Å². The normalized spacial score (nSPS) is 12.9. The first kappa shape index (κ1) is 22.2. The maximum atomic E-state index is 11.4. The van der Waals surface area contributed by atoms with Gasteiger partial charge in [-0.1, -0.05) is 55.1 Å². The van der Waals surface area contributed by atoms with Crippen LogP contribution >= 0.6 is 0 Å². The summed E-state index contributed by atoms with van der Waals surface area (Å²) in [6.45, 7) is 5.83. The number of nitrogens with one attached hydrogen (secondary N) is 1. The van der Waals surface area contributed by atoms with Gasteiger partial charge in [-0.15, -0.1) is 0 Å². The van der Waals surface area contributed by atoms with Gasteiger partial charge >= 0.3 is 0 Å². The van der Waals surface area contributed by atoms with Crippen molar-refractivity contribution in [3.05, 3.63) is 102 Å². The number of hydrogen-bond donors (Lipinski definition) is 1. The second-order valence-corrected chi connectivity index (χ2v) is 8.97. The topological polar surface area (TPSA) is 43.3 Å². The van der Waals surface area contributed by atoms with Crippen molar-refractivity contribution in [2.75, 3.05) is 18.5 Å². The summed E-state index contributed by atoms with van der Waals surface area (Å²) < 4.78 is 8.12. The molecule has 1 aromatic heterocycles. The molecule has 172 valence electrons. The average Bonchev–Trinajstić information content (AvgIpc) is 3.25. The third kappa shape index (κ3) is 4.82. The van der Waals surface area contributed by atoms with Crippen molar-refractivity contribution in [3.63, 3.8) is 0 Å². The minimum Gasteiger partial charge on any atom is -0.373 e. The molecule has 0 saturated heterocycles. The lowest BCUT2D eigenvalue weighted by Gasteiger charge is -2.18. The minimum atomic E-state index is 0.446. The third-order valence-electron chi connectivity index (χ3n) is 6.55. The number of benzene rings is 3. The first-order valence-corrected chi connectivity index (χ1v) is 12.0. The highest BCUT2D eigenvalue weighted by molar-refractivity contribution is 5.98. The van der Waals surface area contributed by atoms with E-state index in [4.69, 9.17) is 4.74 Å². The van der Waals surface area contributed by atoms with Gasteiger partial charge in [-0.3, -0.25) is 4.79 Å². The van der Waals surface area contributed by atoms with Gasteiger partial charge in [0.1, 0.15) is 6.29 Å². The molecule has 0 bridgehead atoms. The average molecular weight is 451 g/mol. The summed E-state index contributed by atoms with van der Waals surface area (Å²) in [5, 5.41) is 4.53. The summed E-state index contributed by atoms with van der Waals surface area (Å²) in [5.74, 6) is 0. The van der Waals surface area contributed by atoms with Crippen LogP contribution in [0.2, 0.25) is 0 Å². The number of anilines is 1. The van der Waals surface area contributed by atoms with Crippen LogP contribution in [-0.2, 0) is 24.1 Å². The van der Waals surface area contributed by atoms with Gasteiger partial charge in [-0.05, 0) is 60.6 Å². The number of hydrogen-bond acceptors (Lipinski definition) is 3. The molecule has 0 spiro atoms. The summed E-state index contributed by atoms with van der Waals surface area (Å²) >= 11 is 0. The Kier molecular flexibility index (Phi) is 6.59. The maximum absolute atomic E-state index is 11.4. The zero-order valence-corrected chi connectivity index (χ0v) is 19.4. The van der Waals surface area contributed by atoms with Crippen molar-refractivity contribution in [1.82, 2.24) is 4.57 Å². The number of aryl methyl sites for hydroxylation is 2. The number of nitrogens with zero attached hydrogens (tertiary/aromatic N) is 1. The summed E-state index contributed by atoms with van der Waals surface area (Å²) in [7, 11) is 0. The lowest BCUT2D eigenvalue weighted by Crippen LogP contribution is -2.11. The van der Waals surface area contributed by atoms with Crippen molar-refractivity contribution in [1.29, 1.82) is 0 Å². The zero-order valence-electron chi connectivity index (χ0n) is 19.4. The summed E-state index contributed by atoms with van der Waals surface area (Å²) in [6, 6.07) is 22.8. The van der Waals surface area contributed by atoms with Crippen LogP contribution in [-0.4, -0.2) is 24.1 Å². The molecule has 1 N–H and O–H groups in total. The van der Waals surface area contributed by atoms with Gasteiger partial charge in [0, 0.05) is 46.2 Å². The third-order valence-corrected chi connectivity index (χ3v) is 6.55. The Labute approximate surface area is 200 Å². The summed E-state index contributed by atoms with van der Waals surface area (Å²) in [4.78, 5) is 11.4. The van der Waals surface area contributed by atoms with Crippen LogP contribution in [0.4, 0.5) is 5.69 Å². The van der Waals surface area contributed by atoms with Crippen molar-refractivity contribution < 1.29 is 9.53 Å². The number of rotatable bonds is 9. The lowest BCUT2D eigenvalue weighted by molar-refractivity contribution is 0.112. The van der Waals surface area contributed by atoms with E-state index in [2.05, 4.69) is 53.0 Å². The van der Waals surface area contributed by atoms with E-state index < -0.39 is 0 Å². The zero-order chi connectivity index (χ0) is 23.3. The highest BCUT2D eigenvalue weighted by Gasteiger charge is 2.12. The number of ether oxygens (including phenoxy) is 1. The Hall–Kier alpha value is -3.63. The molecular formula is C30H30N2O2. The van der Waals surface area contributed by atoms with Crippen molar-refractivity contribution >= 4 is 22.9 Å². The number of carbonyl (C=O) groups excluding carboxylic acids is 1. The molecule has 1 aliphatic carbocycles. The fourth-order valence-electron chi connectivity index (χ4n) is 4.82. The maximum Gasteiger partial charge on any atom is 0.150 e. The van der Waals surface area contributed by atoms with E-state index in [0.29, 0.717) is 25.3 Å². The fraction of sp³-hybridized carbons (Fsp3) is 0.233. The molecule has 0 saturated carbocycles. The molecule has 34 heavy (non-hydrogen) atoms. The van der Waals surface area contributed by atoms with Crippen LogP contribution in [0, 0.1) is 0 Å². The van der Waals surface area contributed by atoms with E-state index in [-0.39, 0.29) is 0 Å². The van der Waals surface area contributed by atoms with E-state index in [1.807, 2.05) is 36.4 Å². The molecule has 4 heteroatoms. The van der Waals surface area contributed by atoms with Gasteiger partial charge in [0.2, 0.25) is 0 Å². The Morgan fingerprint density at radius 2 is 1.82 bits per heavy atom. The quantitative estimate of drug-likeness (QED) is 0.230. The minimum absolute atomic E-state index is 0.446. The molecule has 5 rings (SSSR count). The monoisotopic (exact) mass is 450 g/mol. The Morgan fingerprint density at radius 3 is 2.65 bits per heavy atom. The predicted molar refractivity (Wildman–Crippen MR) is 139 cm³/mol. The molecule has 0 radical (unpaired) electrons. The van der Waals surface area contributed by atoms with E-state index in [0.717, 1.165) is 46.1 Å². The van der Waals surface area contributed by atoms with Crippen molar-refractivity contribution in [2.45, 2.75) is 32.2 Å².